The van der Waals surface area contributed by atoms with Crippen LogP contribution < -0.4 is 10.9 Å². The lowest BCUT2D eigenvalue weighted by atomic mass is 10.1. The van der Waals surface area contributed by atoms with E-state index in [4.69, 9.17) is 0 Å². The molecule has 0 bridgehead atoms. The highest BCUT2D eigenvalue weighted by atomic mass is 32.1. The third kappa shape index (κ3) is 3.14. The molecule has 4 rings (SSSR count). The van der Waals surface area contributed by atoms with Gasteiger partial charge in [-0.05, 0) is 12.5 Å². The maximum atomic E-state index is 12.4. The normalized spacial score (nSPS) is 11.0. The lowest BCUT2D eigenvalue weighted by molar-refractivity contribution is 0.102. The van der Waals surface area contributed by atoms with Crippen molar-refractivity contribution in [2.75, 3.05) is 5.32 Å². The molecular weight excluding hydrogens is 350 g/mol. The SMILES string of the molecule is Cc1cccc(Cn2ccc(NC(=O)c3cnc4sccn4c3=O)n2)c1. The van der Waals surface area contributed by atoms with Crippen molar-refractivity contribution in [1.29, 1.82) is 0 Å². The number of aromatic nitrogens is 4. The van der Waals surface area contributed by atoms with E-state index in [1.807, 2.05) is 25.1 Å². The summed E-state index contributed by atoms with van der Waals surface area (Å²) in [4.78, 5) is 29.4. The van der Waals surface area contributed by atoms with Gasteiger partial charge in [0.2, 0.25) is 0 Å². The van der Waals surface area contributed by atoms with Gasteiger partial charge >= 0.3 is 0 Å². The number of amides is 1. The Morgan fingerprint density at radius 1 is 1.27 bits per heavy atom. The predicted molar refractivity (Wildman–Crippen MR) is 99.8 cm³/mol. The van der Waals surface area contributed by atoms with Crippen LogP contribution in [0.2, 0.25) is 0 Å². The average Bonchev–Trinajstić information content (AvgIpc) is 3.25. The lowest BCUT2D eigenvalue weighted by Crippen LogP contribution is -2.26. The summed E-state index contributed by atoms with van der Waals surface area (Å²) in [6.07, 6.45) is 4.68. The van der Waals surface area contributed by atoms with Crippen molar-refractivity contribution in [3.8, 4) is 0 Å². The summed E-state index contributed by atoms with van der Waals surface area (Å²) in [5, 5.41) is 8.74. The third-order valence-corrected chi connectivity index (χ3v) is 4.67. The van der Waals surface area contributed by atoms with Crippen LogP contribution >= 0.6 is 11.3 Å². The fourth-order valence-electron chi connectivity index (χ4n) is 2.68. The second-order valence-electron chi connectivity index (χ2n) is 5.87. The minimum atomic E-state index is -0.524. The molecule has 1 N–H and O–H groups in total. The third-order valence-electron chi connectivity index (χ3n) is 3.90. The molecular formula is C18H15N5O2S. The first-order valence-corrected chi connectivity index (χ1v) is 8.83. The largest absolute Gasteiger partial charge is 0.305 e. The van der Waals surface area contributed by atoms with Crippen molar-refractivity contribution in [3.05, 3.63) is 81.3 Å². The van der Waals surface area contributed by atoms with E-state index in [-0.39, 0.29) is 5.56 Å². The molecule has 0 atom stereocenters. The van der Waals surface area contributed by atoms with Gasteiger partial charge in [0.1, 0.15) is 5.56 Å². The molecule has 3 heterocycles. The van der Waals surface area contributed by atoms with Gasteiger partial charge in [0.25, 0.3) is 11.5 Å². The van der Waals surface area contributed by atoms with Gasteiger partial charge in [0.05, 0.1) is 6.54 Å². The van der Waals surface area contributed by atoms with Crippen LogP contribution in [-0.2, 0) is 6.54 Å². The Labute approximate surface area is 152 Å². The zero-order valence-electron chi connectivity index (χ0n) is 13.9. The quantitative estimate of drug-likeness (QED) is 0.603. The van der Waals surface area contributed by atoms with Gasteiger partial charge in [0, 0.05) is 30.0 Å². The zero-order chi connectivity index (χ0) is 18.1. The summed E-state index contributed by atoms with van der Waals surface area (Å²) in [6.45, 7) is 2.64. The van der Waals surface area contributed by atoms with Gasteiger partial charge in [-0.3, -0.25) is 18.7 Å². The number of carbonyl (C=O) groups is 1. The van der Waals surface area contributed by atoms with Crippen LogP contribution in [0.4, 0.5) is 5.82 Å². The monoisotopic (exact) mass is 365 g/mol. The molecule has 130 valence electrons. The minimum absolute atomic E-state index is 0.0193. The number of nitrogens with one attached hydrogen (secondary N) is 1. The minimum Gasteiger partial charge on any atom is -0.305 e. The van der Waals surface area contributed by atoms with Crippen LogP contribution in [0.25, 0.3) is 4.96 Å². The number of nitrogens with zero attached hydrogens (tertiary/aromatic N) is 4. The fourth-order valence-corrected chi connectivity index (χ4v) is 3.35. The van der Waals surface area contributed by atoms with Gasteiger partial charge in [-0.1, -0.05) is 29.8 Å². The van der Waals surface area contributed by atoms with Crippen molar-refractivity contribution >= 4 is 28.0 Å². The first kappa shape index (κ1) is 16.2. The molecule has 0 aliphatic rings. The Bertz CT molecular complexity index is 1160. The van der Waals surface area contributed by atoms with Crippen LogP contribution in [-0.4, -0.2) is 25.1 Å². The molecule has 4 aromatic rings. The summed E-state index contributed by atoms with van der Waals surface area (Å²) < 4.78 is 3.09. The highest BCUT2D eigenvalue weighted by Gasteiger charge is 2.15. The van der Waals surface area contributed by atoms with E-state index in [2.05, 4.69) is 21.5 Å². The number of carbonyl (C=O) groups excluding carboxylic acids is 1. The predicted octanol–water partition coefficient (Wildman–Crippen LogP) is 2.56. The molecule has 0 fully saturated rings. The molecule has 0 aliphatic heterocycles. The molecule has 0 spiro atoms. The van der Waals surface area contributed by atoms with Crippen molar-refractivity contribution < 1.29 is 4.79 Å². The fraction of sp³-hybridized carbons (Fsp3) is 0.111. The Morgan fingerprint density at radius 3 is 3.00 bits per heavy atom. The number of hydrogen-bond donors (Lipinski definition) is 1. The number of hydrogen-bond acceptors (Lipinski definition) is 5. The maximum absolute atomic E-state index is 12.4. The molecule has 0 radical (unpaired) electrons. The number of anilines is 1. The summed E-state index contributed by atoms with van der Waals surface area (Å²) in [5.74, 6) is -0.138. The standard InChI is InChI=1S/C18H15N5O2S/c1-12-3-2-4-13(9-12)11-22-6-5-15(21-22)20-16(24)14-10-19-18-23(17(14)25)7-8-26-18/h2-10H,11H2,1H3,(H,20,21,24). The molecule has 0 aliphatic carbocycles. The van der Waals surface area contributed by atoms with Crippen LogP contribution in [0.5, 0.6) is 0 Å². The highest BCUT2D eigenvalue weighted by Crippen LogP contribution is 2.10. The average molecular weight is 365 g/mol. The molecule has 0 saturated heterocycles. The summed E-state index contributed by atoms with van der Waals surface area (Å²) >= 11 is 1.34. The summed E-state index contributed by atoms with van der Waals surface area (Å²) in [7, 11) is 0. The van der Waals surface area contributed by atoms with Crippen molar-refractivity contribution in [2.24, 2.45) is 0 Å². The van der Waals surface area contributed by atoms with E-state index in [9.17, 15) is 9.59 Å². The van der Waals surface area contributed by atoms with Crippen LogP contribution in [0.3, 0.4) is 0 Å². The number of aryl methyl sites for hydroxylation is 1. The van der Waals surface area contributed by atoms with E-state index in [0.29, 0.717) is 17.3 Å². The molecule has 8 heteroatoms. The van der Waals surface area contributed by atoms with Gasteiger partial charge in [0.15, 0.2) is 10.8 Å². The first-order chi connectivity index (χ1) is 12.6. The molecule has 26 heavy (non-hydrogen) atoms. The maximum Gasteiger partial charge on any atom is 0.271 e. The molecule has 3 aromatic heterocycles. The lowest BCUT2D eigenvalue weighted by Gasteiger charge is -2.04. The van der Waals surface area contributed by atoms with Crippen molar-refractivity contribution in [3.63, 3.8) is 0 Å². The molecule has 1 amide bonds. The topological polar surface area (TPSA) is 81.3 Å². The van der Waals surface area contributed by atoms with Gasteiger partial charge in [-0.2, -0.15) is 5.10 Å². The van der Waals surface area contributed by atoms with E-state index in [1.54, 1.807) is 28.5 Å². The Morgan fingerprint density at radius 2 is 2.15 bits per heavy atom. The van der Waals surface area contributed by atoms with E-state index < -0.39 is 11.5 Å². The molecule has 0 unspecified atom stereocenters. The second kappa shape index (κ2) is 6.57. The number of rotatable bonds is 4. The van der Waals surface area contributed by atoms with E-state index in [0.717, 1.165) is 5.56 Å². The Hall–Kier alpha value is -3.26. The molecule has 0 saturated carbocycles. The van der Waals surface area contributed by atoms with Gasteiger partial charge in [-0.25, -0.2) is 4.98 Å². The van der Waals surface area contributed by atoms with Crippen LogP contribution in [0.15, 0.2) is 59.1 Å². The van der Waals surface area contributed by atoms with E-state index >= 15 is 0 Å². The number of thiazole rings is 1. The first-order valence-electron chi connectivity index (χ1n) is 7.95. The molecule has 7 nitrogen and oxygen atoms in total. The van der Waals surface area contributed by atoms with E-state index in [1.165, 1.54) is 27.5 Å². The van der Waals surface area contributed by atoms with Gasteiger partial charge in [-0.15, -0.1) is 11.3 Å². The number of fused-ring (bicyclic) bond motifs is 1. The van der Waals surface area contributed by atoms with Crippen LogP contribution in [0.1, 0.15) is 21.5 Å². The molecule has 1 aromatic carbocycles. The summed E-state index contributed by atoms with van der Waals surface area (Å²) in [5.41, 5.74) is 1.89. The Kier molecular flexibility index (Phi) is 4.10. The smallest absolute Gasteiger partial charge is 0.271 e. The second-order valence-corrected chi connectivity index (χ2v) is 6.75. The Balaban J connectivity index is 1.52. The van der Waals surface area contributed by atoms with Gasteiger partial charge < -0.3 is 5.32 Å². The zero-order valence-corrected chi connectivity index (χ0v) is 14.7. The van der Waals surface area contributed by atoms with Crippen molar-refractivity contribution in [1.82, 2.24) is 19.2 Å². The van der Waals surface area contributed by atoms with Crippen molar-refractivity contribution in [2.45, 2.75) is 13.5 Å². The highest BCUT2D eigenvalue weighted by molar-refractivity contribution is 7.15. The van der Waals surface area contributed by atoms with Crippen LogP contribution in [0, 0.1) is 6.92 Å². The summed E-state index contributed by atoms with van der Waals surface area (Å²) in [6, 6.07) is 9.84. The number of benzene rings is 1.